The molecule has 1 amide bonds. The van der Waals surface area contributed by atoms with Crippen LogP contribution >= 0.6 is 0 Å². The van der Waals surface area contributed by atoms with E-state index in [1.165, 1.54) is 18.4 Å². The number of benzene rings is 1. The van der Waals surface area contributed by atoms with Gasteiger partial charge in [-0.2, -0.15) is 0 Å². The third-order valence-electron chi connectivity index (χ3n) is 3.46. The molecule has 1 aromatic rings. The SMILES string of the molecule is O=C(CCc1ccccc1)NC(CCO)C1CC1. The van der Waals surface area contributed by atoms with Crippen LogP contribution in [0.2, 0.25) is 0 Å². The molecule has 2 rings (SSSR count). The maximum absolute atomic E-state index is 11.8. The van der Waals surface area contributed by atoms with E-state index in [1.54, 1.807) is 0 Å². The van der Waals surface area contributed by atoms with Gasteiger partial charge in [0.15, 0.2) is 0 Å². The van der Waals surface area contributed by atoms with Crippen molar-refractivity contribution in [3.05, 3.63) is 35.9 Å². The van der Waals surface area contributed by atoms with Gasteiger partial charge >= 0.3 is 0 Å². The number of carbonyl (C=O) groups excluding carboxylic acids is 1. The fourth-order valence-electron chi connectivity index (χ4n) is 2.24. The maximum Gasteiger partial charge on any atom is 0.220 e. The first-order valence-corrected chi connectivity index (χ1v) is 6.73. The Morgan fingerprint density at radius 1 is 1.33 bits per heavy atom. The minimum atomic E-state index is 0.101. The topological polar surface area (TPSA) is 49.3 Å². The average molecular weight is 247 g/mol. The number of rotatable bonds is 7. The lowest BCUT2D eigenvalue weighted by Crippen LogP contribution is -2.37. The Bertz CT molecular complexity index is 373. The quantitative estimate of drug-likeness (QED) is 0.773. The van der Waals surface area contributed by atoms with Crippen LogP contribution in [0.5, 0.6) is 0 Å². The minimum Gasteiger partial charge on any atom is -0.396 e. The number of hydrogen-bond acceptors (Lipinski definition) is 2. The van der Waals surface area contributed by atoms with Crippen LogP contribution in [0.3, 0.4) is 0 Å². The van der Waals surface area contributed by atoms with Crippen LogP contribution in [0.4, 0.5) is 0 Å². The van der Waals surface area contributed by atoms with E-state index in [9.17, 15) is 4.79 Å². The second-order valence-electron chi connectivity index (χ2n) is 5.01. The summed E-state index contributed by atoms with van der Waals surface area (Å²) in [4.78, 5) is 11.8. The van der Waals surface area contributed by atoms with E-state index in [4.69, 9.17) is 5.11 Å². The first kappa shape index (κ1) is 13.1. The van der Waals surface area contributed by atoms with Crippen LogP contribution in [0.25, 0.3) is 0 Å². The molecule has 1 aromatic carbocycles. The Hall–Kier alpha value is -1.35. The van der Waals surface area contributed by atoms with E-state index in [-0.39, 0.29) is 18.6 Å². The van der Waals surface area contributed by atoms with Crippen molar-refractivity contribution in [3.8, 4) is 0 Å². The second-order valence-corrected chi connectivity index (χ2v) is 5.01. The molecule has 1 fully saturated rings. The molecule has 98 valence electrons. The lowest BCUT2D eigenvalue weighted by Gasteiger charge is -2.17. The van der Waals surface area contributed by atoms with Gasteiger partial charge in [-0.1, -0.05) is 30.3 Å². The molecule has 0 aromatic heterocycles. The summed E-state index contributed by atoms with van der Waals surface area (Å²) in [6.45, 7) is 0.153. The van der Waals surface area contributed by atoms with Gasteiger partial charge < -0.3 is 10.4 Å². The molecule has 0 heterocycles. The summed E-state index contributed by atoms with van der Waals surface area (Å²) in [6, 6.07) is 10.2. The molecule has 0 aliphatic heterocycles. The van der Waals surface area contributed by atoms with E-state index in [0.29, 0.717) is 18.8 Å². The molecule has 0 bridgehead atoms. The van der Waals surface area contributed by atoms with Crippen LogP contribution in [-0.2, 0) is 11.2 Å². The molecule has 1 unspecified atom stereocenters. The highest BCUT2D eigenvalue weighted by Crippen LogP contribution is 2.33. The molecular weight excluding hydrogens is 226 g/mol. The number of amides is 1. The van der Waals surface area contributed by atoms with Gasteiger partial charge in [0.25, 0.3) is 0 Å². The highest BCUT2D eigenvalue weighted by molar-refractivity contribution is 5.76. The largest absolute Gasteiger partial charge is 0.396 e. The van der Waals surface area contributed by atoms with Crippen molar-refractivity contribution in [2.75, 3.05) is 6.61 Å². The normalized spacial score (nSPS) is 16.3. The fourth-order valence-corrected chi connectivity index (χ4v) is 2.24. The molecule has 0 saturated heterocycles. The third kappa shape index (κ3) is 4.15. The van der Waals surface area contributed by atoms with Crippen molar-refractivity contribution in [2.45, 2.75) is 38.1 Å². The molecule has 1 atom stereocenters. The summed E-state index contributed by atoms with van der Waals surface area (Å²) >= 11 is 0. The Kier molecular flexibility index (Phi) is 4.76. The standard InChI is InChI=1S/C15H21NO2/c17-11-10-14(13-7-8-13)16-15(18)9-6-12-4-2-1-3-5-12/h1-5,13-14,17H,6-11H2,(H,16,18). The van der Waals surface area contributed by atoms with Gasteiger partial charge in [0.2, 0.25) is 5.91 Å². The summed E-state index contributed by atoms with van der Waals surface area (Å²) in [6.07, 6.45) is 4.36. The summed E-state index contributed by atoms with van der Waals surface area (Å²) in [7, 11) is 0. The van der Waals surface area contributed by atoms with Gasteiger partial charge in [-0.25, -0.2) is 0 Å². The van der Waals surface area contributed by atoms with Gasteiger partial charge in [0.05, 0.1) is 0 Å². The smallest absolute Gasteiger partial charge is 0.220 e. The number of aliphatic hydroxyl groups excluding tert-OH is 1. The lowest BCUT2D eigenvalue weighted by molar-refractivity contribution is -0.122. The Balaban J connectivity index is 1.74. The number of aliphatic hydroxyl groups is 1. The van der Waals surface area contributed by atoms with Gasteiger partial charge in [-0.15, -0.1) is 0 Å². The predicted octanol–water partition coefficient (Wildman–Crippen LogP) is 1.90. The van der Waals surface area contributed by atoms with Crippen molar-refractivity contribution in [2.24, 2.45) is 5.92 Å². The van der Waals surface area contributed by atoms with E-state index < -0.39 is 0 Å². The molecule has 2 N–H and O–H groups in total. The Labute approximate surface area is 108 Å². The molecular formula is C15H21NO2. The molecule has 18 heavy (non-hydrogen) atoms. The van der Waals surface area contributed by atoms with Gasteiger partial charge in [0.1, 0.15) is 0 Å². The van der Waals surface area contributed by atoms with Crippen molar-refractivity contribution in [1.29, 1.82) is 0 Å². The molecule has 0 radical (unpaired) electrons. The third-order valence-corrected chi connectivity index (χ3v) is 3.46. The molecule has 1 aliphatic carbocycles. The lowest BCUT2D eigenvalue weighted by atomic mass is 10.1. The van der Waals surface area contributed by atoms with Crippen molar-refractivity contribution in [1.82, 2.24) is 5.32 Å². The maximum atomic E-state index is 11.8. The Morgan fingerprint density at radius 2 is 2.06 bits per heavy atom. The molecule has 3 heteroatoms. The molecule has 1 saturated carbocycles. The van der Waals surface area contributed by atoms with Gasteiger partial charge in [0, 0.05) is 19.1 Å². The summed E-state index contributed by atoms with van der Waals surface area (Å²) in [5, 5.41) is 12.0. The van der Waals surface area contributed by atoms with Crippen molar-refractivity contribution >= 4 is 5.91 Å². The van der Waals surface area contributed by atoms with Crippen LogP contribution in [-0.4, -0.2) is 23.7 Å². The van der Waals surface area contributed by atoms with Crippen LogP contribution in [0, 0.1) is 5.92 Å². The zero-order valence-electron chi connectivity index (χ0n) is 10.6. The van der Waals surface area contributed by atoms with Crippen molar-refractivity contribution < 1.29 is 9.90 Å². The number of nitrogens with one attached hydrogen (secondary N) is 1. The highest BCUT2D eigenvalue weighted by Gasteiger charge is 2.31. The van der Waals surface area contributed by atoms with E-state index in [2.05, 4.69) is 5.32 Å². The number of hydrogen-bond donors (Lipinski definition) is 2. The monoisotopic (exact) mass is 247 g/mol. The first-order valence-electron chi connectivity index (χ1n) is 6.73. The molecule has 1 aliphatic rings. The van der Waals surface area contributed by atoms with Crippen LogP contribution < -0.4 is 5.32 Å². The predicted molar refractivity (Wildman–Crippen MR) is 71.1 cm³/mol. The van der Waals surface area contributed by atoms with Crippen molar-refractivity contribution in [3.63, 3.8) is 0 Å². The summed E-state index contributed by atoms with van der Waals surface area (Å²) in [5.74, 6) is 0.696. The second kappa shape index (κ2) is 6.55. The zero-order valence-corrected chi connectivity index (χ0v) is 10.6. The number of carbonyl (C=O) groups is 1. The van der Waals surface area contributed by atoms with Crippen LogP contribution in [0.15, 0.2) is 30.3 Å². The van der Waals surface area contributed by atoms with Gasteiger partial charge in [-0.05, 0) is 37.2 Å². The van der Waals surface area contributed by atoms with E-state index in [0.717, 1.165) is 6.42 Å². The Morgan fingerprint density at radius 3 is 2.67 bits per heavy atom. The molecule has 0 spiro atoms. The zero-order chi connectivity index (χ0) is 12.8. The minimum absolute atomic E-state index is 0.101. The highest BCUT2D eigenvalue weighted by atomic mass is 16.3. The van der Waals surface area contributed by atoms with E-state index in [1.807, 2.05) is 30.3 Å². The average Bonchev–Trinajstić information content (AvgIpc) is 3.21. The summed E-state index contributed by atoms with van der Waals surface area (Å²) < 4.78 is 0. The molecule has 3 nitrogen and oxygen atoms in total. The van der Waals surface area contributed by atoms with E-state index >= 15 is 0 Å². The first-order chi connectivity index (χ1) is 8.79. The number of aryl methyl sites for hydroxylation is 1. The van der Waals surface area contributed by atoms with Gasteiger partial charge in [-0.3, -0.25) is 4.79 Å². The fraction of sp³-hybridized carbons (Fsp3) is 0.533. The van der Waals surface area contributed by atoms with Crippen LogP contribution in [0.1, 0.15) is 31.2 Å². The summed E-state index contributed by atoms with van der Waals surface area (Å²) in [5.41, 5.74) is 1.19.